The number of furan rings is 1. The van der Waals surface area contributed by atoms with Gasteiger partial charge in [0.1, 0.15) is 11.2 Å². The smallest absolute Gasteiger partial charge is 0.137 e. The molecule has 0 saturated heterocycles. The third-order valence-corrected chi connectivity index (χ3v) is 12.3. The van der Waals surface area contributed by atoms with Gasteiger partial charge in [-0.1, -0.05) is 152 Å². The number of hydrogen-bond donors (Lipinski definition) is 0. The van der Waals surface area contributed by atoms with E-state index in [0.717, 1.165) is 44.7 Å². The van der Waals surface area contributed by atoms with Crippen molar-refractivity contribution in [3.8, 4) is 16.8 Å². The summed E-state index contributed by atoms with van der Waals surface area (Å²) in [6.07, 6.45) is 0. The van der Waals surface area contributed by atoms with Crippen LogP contribution in [-0.4, -0.2) is 4.57 Å². The van der Waals surface area contributed by atoms with Gasteiger partial charge in [-0.2, -0.15) is 0 Å². The standard InChI is InChI=1S/C55H36N2O/c1-4-17-37(18-5-1)55(38-19-6-2-7-20-38)47-26-13-10-23-42(47)43-33-31-41(36-48(43)55)56(51-28-16-30-53-54(51)45-25-12-15-29-52(45)58-53)40-32-34-50-46(35-40)44-24-11-14-27-49(44)57(50)39-21-8-3-9-22-39/h1-36H. The van der Waals surface area contributed by atoms with Crippen LogP contribution >= 0.6 is 0 Å². The number of aromatic nitrogens is 1. The first-order valence-electron chi connectivity index (χ1n) is 19.9. The molecule has 0 fully saturated rings. The summed E-state index contributed by atoms with van der Waals surface area (Å²) in [6, 6.07) is 79.3. The second-order valence-electron chi connectivity index (χ2n) is 15.2. The molecule has 58 heavy (non-hydrogen) atoms. The van der Waals surface area contributed by atoms with E-state index < -0.39 is 5.41 Å². The lowest BCUT2D eigenvalue weighted by molar-refractivity contribution is 0.669. The van der Waals surface area contributed by atoms with Crippen LogP contribution in [0.4, 0.5) is 17.1 Å². The Balaban J connectivity index is 1.17. The summed E-state index contributed by atoms with van der Waals surface area (Å²) in [5.41, 5.74) is 15.5. The predicted octanol–water partition coefficient (Wildman–Crippen LogP) is 14.5. The minimum Gasteiger partial charge on any atom is -0.456 e. The van der Waals surface area contributed by atoms with Gasteiger partial charge in [0.2, 0.25) is 0 Å². The van der Waals surface area contributed by atoms with Gasteiger partial charge in [-0.3, -0.25) is 0 Å². The number of benzene rings is 9. The van der Waals surface area contributed by atoms with E-state index in [1.807, 2.05) is 6.07 Å². The van der Waals surface area contributed by atoms with Gasteiger partial charge in [-0.25, -0.2) is 0 Å². The first kappa shape index (κ1) is 32.6. The first-order chi connectivity index (χ1) is 28.8. The summed E-state index contributed by atoms with van der Waals surface area (Å²) in [6.45, 7) is 0. The number of hydrogen-bond acceptors (Lipinski definition) is 2. The van der Waals surface area contributed by atoms with Crippen molar-refractivity contribution in [1.82, 2.24) is 4.57 Å². The van der Waals surface area contributed by atoms with Crippen LogP contribution in [0.15, 0.2) is 223 Å². The van der Waals surface area contributed by atoms with Crippen LogP contribution in [0.3, 0.4) is 0 Å². The molecule has 2 aromatic heterocycles. The topological polar surface area (TPSA) is 21.3 Å². The van der Waals surface area contributed by atoms with Crippen molar-refractivity contribution in [3.05, 3.63) is 241 Å². The van der Waals surface area contributed by atoms with E-state index in [1.54, 1.807) is 0 Å². The van der Waals surface area contributed by atoms with Crippen LogP contribution in [0.1, 0.15) is 22.3 Å². The van der Waals surface area contributed by atoms with Gasteiger partial charge in [0, 0.05) is 33.2 Å². The zero-order chi connectivity index (χ0) is 38.2. The van der Waals surface area contributed by atoms with Gasteiger partial charge in [-0.15, -0.1) is 0 Å². The van der Waals surface area contributed by atoms with Crippen molar-refractivity contribution in [2.24, 2.45) is 0 Å². The molecule has 1 aliphatic carbocycles. The summed E-state index contributed by atoms with van der Waals surface area (Å²) < 4.78 is 8.91. The van der Waals surface area contributed by atoms with Gasteiger partial charge >= 0.3 is 0 Å². The fraction of sp³-hybridized carbons (Fsp3) is 0.0182. The summed E-state index contributed by atoms with van der Waals surface area (Å²) in [7, 11) is 0. The van der Waals surface area contributed by atoms with Crippen molar-refractivity contribution >= 4 is 60.8 Å². The van der Waals surface area contributed by atoms with Gasteiger partial charge in [0.15, 0.2) is 0 Å². The lowest BCUT2D eigenvalue weighted by Gasteiger charge is -2.35. The summed E-state index contributed by atoms with van der Waals surface area (Å²) >= 11 is 0. The van der Waals surface area contributed by atoms with Crippen molar-refractivity contribution in [2.45, 2.75) is 5.41 Å². The van der Waals surface area contributed by atoms with Crippen LogP contribution in [-0.2, 0) is 5.41 Å². The zero-order valence-electron chi connectivity index (χ0n) is 31.6. The highest BCUT2D eigenvalue weighted by Crippen LogP contribution is 2.57. The maximum atomic E-state index is 6.53. The van der Waals surface area contributed by atoms with E-state index in [2.05, 4.69) is 222 Å². The molecule has 0 atom stereocenters. The van der Waals surface area contributed by atoms with Crippen LogP contribution in [0.5, 0.6) is 0 Å². The lowest BCUT2D eigenvalue weighted by Crippen LogP contribution is -2.28. The van der Waals surface area contributed by atoms with E-state index >= 15 is 0 Å². The largest absolute Gasteiger partial charge is 0.456 e. The molecule has 12 rings (SSSR count). The molecule has 2 heterocycles. The fourth-order valence-electron chi connectivity index (χ4n) is 9.90. The molecule has 0 N–H and O–H groups in total. The van der Waals surface area contributed by atoms with E-state index in [-0.39, 0.29) is 0 Å². The lowest BCUT2D eigenvalue weighted by atomic mass is 9.67. The molecule has 0 bridgehead atoms. The second kappa shape index (κ2) is 12.7. The maximum Gasteiger partial charge on any atom is 0.137 e. The molecule has 0 radical (unpaired) electrons. The van der Waals surface area contributed by atoms with E-state index in [9.17, 15) is 0 Å². The average Bonchev–Trinajstić information content (AvgIpc) is 3.94. The van der Waals surface area contributed by atoms with Crippen LogP contribution in [0.25, 0.3) is 60.6 Å². The Morgan fingerprint density at radius 2 is 0.983 bits per heavy atom. The number of rotatable bonds is 6. The van der Waals surface area contributed by atoms with Crippen LogP contribution in [0, 0.1) is 0 Å². The molecule has 0 aliphatic heterocycles. The van der Waals surface area contributed by atoms with Crippen LogP contribution < -0.4 is 4.90 Å². The van der Waals surface area contributed by atoms with Crippen LogP contribution in [0.2, 0.25) is 0 Å². The van der Waals surface area contributed by atoms with Gasteiger partial charge < -0.3 is 13.9 Å². The molecular weight excluding hydrogens is 705 g/mol. The highest BCUT2D eigenvalue weighted by atomic mass is 16.3. The molecule has 9 aromatic carbocycles. The molecule has 1 aliphatic rings. The third-order valence-electron chi connectivity index (χ3n) is 12.3. The molecular formula is C55H36N2O. The minimum absolute atomic E-state index is 0.530. The van der Waals surface area contributed by atoms with E-state index in [0.29, 0.717) is 0 Å². The molecule has 11 aromatic rings. The second-order valence-corrected chi connectivity index (χ2v) is 15.2. The van der Waals surface area contributed by atoms with Crippen molar-refractivity contribution < 1.29 is 4.42 Å². The predicted molar refractivity (Wildman–Crippen MR) is 240 cm³/mol. The maximum absolute atomic E-state index is 6.53. The zero-order valence-corrected chi connectivity index (χ0v) is 31.6. The average molecular weight is 741 g/mol. The molecule has 0 unspecified atom stereocenters. The molecule has 3 heteroatoms. The third kappa shape index (κ3) is 4.62. The SMILES string of the molecule is c1ccc(-n2c3ccccc3c3cc(N(c4ccc5c(c4)C(c4ccccc4)(c4ccccc4)c4ccccc4-5)c4cccc5oc6ccccc6c45)ccc32)cc1. The Morgan fingerprint density at radius 3 is 1.78 bits per heavy atom. The number of para-hydroxylation sites is 3. The Hall–Kier alpha value is -7.62. The number of fused-ring (bicyclic) bond motifs is 9. The monoisotopic (exact) mass is 740 g/mol. The van der Waals surface area contributed by atoms with E-state index in [1.165, 1.54) is 55.2 Å². The Morgan fingerprint density at radius 1 is 0.397 bits per heavy atom. The summed E-state index contributed by atoms with van der Waals surface area (Å²) in [5.74, 6) is 0. The Labute approximate surface area is 336 Å². The van der Waals surface area contributed by atoms with E-state index in [4.69, 9.17) is 4.42 Å². The quantitative estimate of drug-likeness (QED) is 0.169. The van der Waals surface area contributed by atoms with Gasteiger partial charge in [-0.05, 0) is 100 Å². The summed E-state index contributed by atoms with van der Waals surface area (Å²) in [5, 5.41) is 4.59. The van der Waals surface area contributed by atoms with Gasteiger partial charge in [0.25, 0.3) is 0 Å². The minimum atomic E-state index is -0.530. The molecule has 0 amide bonds. The molecule has 0 spiro atoms. The molecule has 0 saturated carbocycles. The fourth-order valence-corrected chi connectivity index (χ4v) is 9.90. The van der Waals surface area contributed by atoms with Crippen molar-refractivity contribution in [3.63, 3.8) is 0 Å². The highest BCUT2D eigenvalue weighted by molar-refractivity contribution is 6.15. The highest BCUT2D eigenvalue weighted by Gasteiger charge is 2.46. The molecule has 3 nitrogen and oxygen atoms in total. The normalized spacial score (nSPS) is 13.0. The van der Waals surface area contributed by atoms with Gasteiger partial charge in [0.05, 0.1) is 27.5 Å². The first-order valence-corrected chi connectivity index (χ1v) is 19.9. The summed E-state index contributed by atoms with van der Waals surface area (Å²) in [4.78, 5) is 2.45. The number of anilines is 3. The van der Waals surface area contributed by atoms with Crippen molar-refractivity contribution in [2.75, 3.05) is 4.90 Å². The Bertz CT molecular complexity index is 3300. The molecule has 272 valence electrons. The van der Waals surface area contributed by atoms with Crippen molar-refractivity contribution in [1.29, 1.82) is 0 Å². The number of nitrogens with zero attached hydrogens (tertiary/aromatic N) is 2. The Kier molecular flexibility index (Phi) is 7.14.